The number of likely N-dealkylation sites (N-methyl/N-ethyl adjacent to an activating group) is 1. The first-order valence-corrected chi connectivity index (χ1v) is 8.41. The molecule has 2 N–H and O–H groups in total. The van der Waals surface area contributed by atoms with Gasteiger partial charge < -0.3 is 10.6 Å². The Kier molecular flexibility index (Phi) is 5.09. The van der Waals surface area contributed by atoms with Gasteiger partial charge in [-0.05, 0) is 31.2 Å². The van der Waals surface area contributed by atoms with Gasteiger partial charge in [0.05, 0.1) is 5.75 Å². The topological polar surface area (TPSA) is 79.5 Å². The summed E-state index contributed by atoms with van der Waals surface area (Å²) in [5, 5.41) is 0. The Bertz CT molecular complexity index is 520. The van der Waals surface area contributed by atoms with E-state index < -0.39 is 10.0 Å². The number of rotatable bonds is 5. The summed E-state index contributed by atoms with van der Waals surface area (Å²) in [5.41, 5.74) is 6.71. The SMILES string of the molecule is CN1CCN(S(=O)(=O)CCc2ccncc2)C(CN)C1. The summed E-state index contributed by atoms with van der Waals surface area (Å²) < 4.78 is 26.5. The van der Waals surface area contributed by atoms with Crippen LogP contribution in [0.3, 0.4) is 0 Å². The lowest BCUT2D eigenvalue weighted by Crippen LogP contribution is -2.57. The molecule has 0 saturated carbocycles. The van der Waals surface area contributed by atoms with Crippen LogP contribution in [0.5, 0.6) is 0 Å². The Balaban J connectivity index is 2.02. The number of hydrogen-bond donors (Lipinski definition) is 1. The third-order valence-corrected chi connectivity index (χ3v) is 5.57. The zero-order valence-electron chi connectivity index (χ0n) is 11.8. The molecule has 20 heavy (non-hydrogen) atoms. The third kappa shape index (κ3) is 3.76. The molecule has 6 nitrogen and oxygen atoms in total. The van der Waals surface area contributed by atoms with Crippen molar-refractivity contribution in [2.45, 2.75) is 12.5 Å². The van der Waals surface area contributed by atoms with Crippen LogP contribution in [0.15, 0.2) is 24.5 Å². The molecule has 0 aromatic carbocycles. The second-order valence-electron chi connectivity index (χ2n) is 5.18. The molecule has 0 spiro atoms. The zero-order valence-corrected chi connectivity index (χ0v) is 12.6. The quantitative estimate of drug-likeness (QED) is 0.795. The zero-order chi connectivity index (χ0) is 14.6. The minimum absolute atomic E-state index is 0.115. The first-order valence-electron chi connectivity index (χ1n) is 6.80. The van der Waals surface area contributed by atoms with E-state index in [2.05, 4.69) is 9.88 Å². The van der Waals surface area contributed by atoms with Crippen LogP contribution in [0, 0.1) is 0 Å². The molecule has 1 unspecified atom stereocenters. The highest BCUT2D eigenvalue weighted by molar-refractivity contribution is 7.89. The molecule has 0 radical (unpaired) electrons. The van der Waals surface area contributed by atoms with Crippen LogP contribution in [-0.4, -0.2) is 67.6 Å². The van der Waals surface area contributed by atoms with Gasteiger partial charge >= 0.3 is 0 Å². The first-order chi connectivity index (χ1) is 9.53. The van der Waals surface area contributed by atoms with Crippen LogP contribution in [0.1, 0.15) is 5.56 Å². The Hall–Kier alpha value is -1.02. The van der Waals surface area contributed by atoms with Gasteiger partial charge in [-0.3, -0.25) is 4.98 Å². The first kappa shape index (κ1) is 15.4. The van der Waals surface area contributed by atoms with Crippen molar-refractivity contribution < 1.29 is 8.42 Å². The van der Waals surface area contributed by atoms with Crippen molar-refractivity contribution in [3.05, 3.63) is 30.1 Å². The Morgan fingerprint density at radius 3 is 2.70 bits per heavy atom. The molecule has 112 valence electrons. The van der Waals surface area contributed by atoms with Gasteiger partial charge in [-0.2, -0.15) is 4.31 Å². The molecule has 0 bridgehead atoms. The van der Waals surface area contributed by atoms with Crippen molar-refractivity contribution in [1.29, 1.82) is 0 Å². The summed E-state index contributed by atoms with van der Waals surface area (Å²) in [4.78, 5) is 6.05. The van der Waals surface area contributed by atoms with Gasteiger partial charge in [0, 0.05) is 44.6 Å². The number of aromatic nitrogens is 1. The summed E-state index contributed by atoms with van der Waals surface area (Å²) in [6.45, 7) is 2.34. The van der Waals surface area contributed by atoms with Crippen LogP contribution < -0.4 is 5.73 Å². The van der Waals surface area contributed by atoms with Crippen molar-refractivity contribution in [2.24, 2.45) is 5.73 Å². The van der Waals surface area contributed by atoms with Crippen molar-refractivity contribution >= 4 is 10.0 Å². The Morgan fingerprint density at radius 2 is 2.05 bits per heavy atom. The monoisotopic (exact) mass is 298 g/mol. The van der Waals surface area contributed by atoms with Crippen LogP contribution in [-0.2, 0) is 16.4 Å². The molecule has 0 aliphatic carbocycles. The van der Waals surface area contributed by atoms with Gasteiger partial charge in [0.2, 0.25) is 10.0 Å². The second kappa shape index (κ2) is 6.62. The van der Waals surface area contributed by atoms with Gasteiger partial charge in [0.25, 0.3) is 0 Å². The largest absolute Gasteiger partial charge is 0.329 e. The third-order valence-electron chi connectivity index (χ3n) is 3.66. The minimum atomic E-state index is -3.26. The van der Waals surface area contributed by atoms with Crippen molar-refractivity contribution in [1.82, 2.24) is 14.2 Å². The van der Waals surface area contributed by atoms with E-state index in [-0.39, 0.29) is 11.8 Å². The lowest BCUT2D eigenvalue weighted by Gasteiger charge is -2.38. The molecule has 7 heteroatoms. The lowest BCUT2D eigenvalue weighted by molar-refractivity contribution is 0.164. The predicted molar refractivity (Wildman–Crippen MR) is 78.8 cm³/mol. The molecule has 1 aliphatic heterocycles. The number of hydrogen-bond acceptors (Lipinski definition) is 5. The number of sulfonamides is 1. The smallest absolute Gasteiger partial charge is 0.214 e. The van der Waals surface area contributed by atoms with E-state index in [0.29, 0.717) is 26.1 Å². The van der Waals surface area contributed by atoms with Crippen molar-refractivity contribution in [3.8, 4) is 0 Å². The molecule has 2 rings (SSSR count). The van der Waals surface area contributed by atoms with Crippen LogP contribution >= 0.6 is 0 Å². The molecule has 1 fully saturated rings. The maximum absolute atomic E-state index is 12.5. The standard InChI is InChI=1S/C13H22N4O2S/c1-16-7-8-17(13(10-14)11-16)20(18,19)9-4-12-2-5-15-6-3-12/h2-3,5-6,13H,4,7-11,14H2,1H3. The van der Waals surface area contributed by atoms with Crippen LogP contribution in [0.4, 0.5) is 0 Å². The molecule has 1 aliphatic rings. The fourth-order valence-electron chi connectivity index (χ4n) is 2.47. The van der Waals surface area contributed by atoms with Crippen LogP contribution in [0.25, 0.3) is 0 Å². The summed E-state index contributed by atoms with van der Waals surface area (Å²) in [7, 11) is -1.27. The minimum Gasteiger partial charge on any atom is -0.329 e. The molecule has 2 heterocycles. The summed E-state index contributed by atoms with van der Waals surface area (Å²) in [6.07, 6.45) is 3.87. The van der Waals surface area contributed by atoms with Gasteiger partial charge in [-0.15, -0.1) is 0 Å². The maximum atomic E-state index is 12.5. The van der Waals surface area contributed by atoms with E-state index in [0.717, 1.165) is 12.1 Å². The van der Waals surface area contributed by atoms with Gasteiger partial charge in [0.15, 0.2) is 0 Å². The summed E-state index contributed by atoms with van der Waals surface area (Å²) in [6, 6.07) is 3.58. The van der Waals surface area contributed by atoms with E-state index in [1.165, 1.54) is 0 Å². The molecule has 1 atom stereocenters. The highest BCUT2D eigenvalue weighted by atomic mass is 32.2. The van der Waals surface area contributed by atoms with Gasteiger partial charge in [-0.25, -0.2) is 8.42 Å². The van der Waals surface area contributed by atoms with E-state index in [1.54, 1.807) is 16.7 Å². The molecular weight excluding hydrogens is 276 g/mol. The predicted octanol–water partition coefficient (Wildman–Crippen LogP) is -0.471. The molecule has 1 saturated heterocycles. The van der Waals surface area contributed by atoms with Crippen LogP contribution in [0.2, 0.25) is 0 Å². The lowest BCUT2D eigenvalue weighted by atomic mass is 10.2. The number of pyridine rings is 1. The number of piperazine rings is 1. The average molecular weight is 298 g/mol. The summed E-state index contributed by atoms with van der Waals surface area (Å²) in [5.74, 6) is 0.122. The van der Waals surface area contributed by atoms with Gasteiger partial charge in [0.1, 0.15) is 0 Å². The maximum Gasteiger partial charge on any atom is 0.214 e. The average Bonchev–Trinajstić information content (AvgIpc) is 2.46. The molecule has 1 aromatic rings. The van der Waals surface area contributed by atoms with E-state index in [9.17, 15) is 8.42 Å². The fourth-order valence-corrected chi connectivity index (χ4v) is 4.16. The number of aryl methyl sites for hydroxylation is 1. The Labute approximate surface area is 120 Å². The van der Waals surface area contributed by atoms with Gasteiger partial charge in [-0.1, -0.05) is 0 Å². The van der Waals surface area contributed by atoms with Crippen molar-refractivity contribution in [2.75, 3.05) is 39.0 Å². The Morgan fingerprint density at radius 1 is 1.35 bits per heavy atom. The van der Waals surface area contributed by atoms with E-state index >= 15 is 0 Å². The molecule has 1 aromatic heterocycles. The fraction of sp³-hybridized carbons (Fsp3) is 0.615. The highest BCUT2D eigenvalue weighted by Gasteiger charge is 2.32. The number of nitrogens with zero attached hydrogens (tertiary/aromatic N) is 3. The molecular formula is C13H22N4O2S. The van der Waals surface area contributed by atoms with Crippen molar-refractivity contribution in [3.63, 3.8) is 0 Å². The van der Waals surface area contributed by atoms with E-state index in [1.807, 2.05) is 19.2 Å². The number of nitrogens with two attached hydrogens (primary N) is 1. The highest BCUT2D eigenvalue weighted by Crippen LogP contribution is 2.14. The molecule has 0 amide bonds. The second-order valence-corrected chi connectivity index (χ2v) is 7.23. The normalized spacial score (nSPS) is 22.0. The van der Waals surface area contributed by atoms with E-state index in [4.69, 9.17) is 5.73 Å². The summed E-state index contributed by atoms with van der Waals surface area (Å²) >= 11 is 0.